The molecule has 4 bridgehead atoms. The minimum Gasteiger partial charge on any atom is -0.292 e. The minimum absolute atomic E-state index is 0.112. The number of ketones is 1. The van der Waals surface area contributed by atoms with Crippen molar-refractivity contribution >= 4 is 20.2 Å². The van der Waals surface area contributed by atoms with Crippen molar-refractivity contribution in [1.29, 1.82) is 0 Å². The number of carbonyl (C=O) groups is 1. The monoisotopic (exact) mass is 362 g/mol. The molecule has 0 aromatic carbocycles. The second-order valence-electron chi connectivity index (χ2n) is 11.3. The third-order valence-corrected chi connectivity index (χ3v) is 7.63. The van der Waals surface area contributed by atoms with Crippen molar-refractivity contribution in [2.75, 3.05) is 12.5 Å². The number of hydrogen-bond donors (Lipinski definition) is 0. The van der Waals surface area contributed by atoms with Gasteiger partial charge in [0.1, 0.15) is 4.86 Å². The summed E-state index contributed by atoms with van der Waals surface area (Å²) >= 11 is 0. The lowest BCUT2D eigenvalue weighted by atomic mass is 9.39. The zero-order chi connectivity index (χ0) is 18.9. The zero-order valence-corrected chi connectivity index (χ0v) is 17.9. The molecule has 0 radical (unpaired) electrons. The fourth-order valence-corrected chi connectivity index (χ4v) is 7.55. The summed E-state index contributed by atoms with van der Waals surface area (Å²) in [6, 6.07) is 0. The molecule has 25 heavy (non-hydrogen) atoms. The number of hydrogen-bond acceptors (Lipinski definition) is 2. The lowest BCUT2D eigenvalue weighted by Crippen LogP contribution is -2.59. The van der Waals surface area contributed by atoms with Gasteiger partial charge in [0.15, 0.2) is 5.78 Å². The first-order valence-corrected chi connectivity index (χ1v) is 11.9. The number of carbonyl (C=O) groups excluding carboxylic acids is 1. The zero-order valence-electron chi connectivity index (χ0n) is 17.0. The third-order valence-electron chi connectivity index (χ3n) is 6.36. The fraction of sp³-hybridized carbons (Fsp3) is 0.818. The van der Waals surface area contributed by atoms with Crippen molar-refractivity contribution < 1.29 is 9.00 Å². The average Bonchev–Trinajstić information content (AvgIpc) is 2.30. The first-order valence-electron chi connectivity index (χ1n) is 9.55. The van der Waals surface area contributed by atoms with E-state index >= 15 is 0 Å². The molecule has 0 aliphatic heterocycles. The summed E-state index contributed by atoms with van der Waals surface area (Å²) in [5, 5.41) is 0. The molecule has 4 rings (SSSR count). The van der Waals surface area contributed by atoms with Crippen LogP contribution in [0.4, 0.5) is 0 Å². The second kappa shape index (κ2) is 5.38. The summed E-state index contributed by atoms with van der Waals surface area (Å²) in [5.41, 5.74) is 0.0264. The summed E-state index contributed by atoms with van der Waals surface area (Å²) < 4.78 is 12.9. The maximum Gasteiger partial charge on any atom is 0.185 e. The van der Waals surface area contributed by atoms with Gasteiger partial charge in [0.05, 0.1) is 0 Å². The Kier molecular flexibility index (Phi) is 4.09. The van der Waals surface area contributed by atoms with E-state index in [9.17, 15) is 9.00 Å². The van der Waals surface area contributed by atoms with Crippen molar-refractivity contribution in [3.8, 4) is 11.8 Å². The van der Waals surface area contributed by atoms with Gasteiger partial charge in [-0.05, 0) is 85.6 Å². The highest BCUT2D eigenvalue weighted by molar-refractivity contribution is 8.02. The molecule has 2 atom stereocenters. The number of Topliss-reactive ketones (excluding diaryl/α,β-unsaturated/α-hetero) is 1. The maximum absolute atomic E-state index is 13.7. The third kappa shape index (κ3) is 3.57. The molecule has 0 amide bonds. The lowest BCUT2D eigenvalue weighted by Gasteiger charge is -2.64. The van der Waals surface area contributed by atoms with E-state index in [4.69, 9.17) is 0 Å². The van der Waals surface area contributed by atoms with Gasteiger partial charge < -0.3 is 0 Å². The van der Waals surface area contributed by atoms with Crippen LogP contribution in [0.15, 0.2) is 0 Å². The predicted molar refractivity (Wildman–Crippen MR) is 107 cm³/mol. The van der Waals surface area contributed by atoms with Gasteiger partial charge in [0.2, 0.25) is 0 Å². The summed E-state index contributed by atoms with van der Waals surface area (Å²) in [4.78, 5) is 14.1. The molecule has 2 unspecified atom stereocenters. The first-order chi connectivity index (χ1) is 11.2. The van der Waals surface area contributed by atoms with Gasteiger partial charge in [-0.15, -0.1) is 0 Å². The normalized spacial score (nSPS) is 39.7. The van der Waals surface area contributed by atoms with E-state index in [-0.39, 0.29) is 27.4 Å². The van der Waals surface area contributed by atoms with Crippen LogP contribution in [-0.4, -0.2) is 27.4 Å². The van der Waals surface area contributed by atoms with E-state index in [0.717, 1.165) is 19.3 Å². The van der Waals surface area contributed by atoms with Gasteiger partial charge in [-0.1, -0.05) is 25.7 Å². The van der Waals surface area contributed by atoms with Crippen molar-refractivity contribution in [2.45, 2.75) is 73.1 Å². The molecule has 0 N–H and O–H groups in total. The molecule has 140 valence electrons. The smallest absolute Gasteiger partial charge is 0.185 e. The van der Waals surface area contributed by atoms with Gasteiger partial charge >= 0.3 is 0 Å². The van der Waals surface area contributed by atoms with E-state index < -0.39 is 9.52 Å². The Hall–Kier alpha value is -0.750. The fourth-order valence-electron chi connectivity index (χ4n) is 6.59. The van der Waals surface area contributed by atoms with E-state index in [1.54, 1.807) is 12.5 Å². The van der Waals surface area contributed by atoms with E-state index in [1.807, 2.05) is 20.8 Å². The summed E-state index contributed by atoms with van der Waals surface area (Å²) in [6.45, 7) is 10.8. The van der Waals surface area contributed by atoms with Gasteiger partial charge in [0.25, 0.3) is 0 Å². The summed E-state index contributed by atoms with van der Waals surface area (Å²) in [5.74, 6) is 7.03. The van der Waals surface area contributed by atoms with Crippen LogP contribution in [-0.2, 0) is 14.3 Å². The molecular weight excluding hydrogens is 328 g/mol. The van der Waals surface area contributed by atoms with Gasteiger partial charge in [-0.3, -0.25) is 9.00 Å². The standard InChI is InChI=1S/C22H34O2S/c1-19(2,3)9-8-17(25(6,7)24)18(23)22-12-16-10-20(4,14-22)13-21(5,11-16)15-22/h16H,10-15H2,1-7H3. The highest BCUT2D eigenvalue weighted by Gasteiger charge is 2.63. The molecule has 4 aliphatic rings. The van der Waals surface area contributed by atoms with E-state index in [1.165, 1.54) is 19.3 Å². The highest BCUT2D eigenvalue weighted by Crippen LogP contribution is 2.69. The van der Waals surface area contributed by atoms with Crippen LogP contribution in [0, 0.1) is 39.4 Å². The minimum atomic E-state index is -2.38. The molecule has 4 aliphatic carbocycles. The van der Waals surface area contributed by atoms with Crippen molar-refractivity contribution in [3.05, 3.63) is 0 Å². The quantitative estimate of drug-likeness (QED) is 0.541. The van der Waals surface area contributed by atoms with Crippen molar-refractivity contribution in [2.24, 2.45) is 27.6 Å². The molecule has 0 spiro atoms. The van der Waals surface area contributed by atoms with Gasteiger partial charge in [-0.2, -0.15) is 0 Å². The van der Waals surface area contributed by atoms with Gasteiger partial charge in [0, 0.05) is 23.3 Å². The highest BCUT2D eigenvalue weighted by atomic mass is 32.2. The van der Waals surface area contributed by atoms with Gasteiger partial charge in [-0.25, -0.2) is 0 Å². The molecule has 0 aromatic heterocycles. The van der Waals surface area contributed by atoms with E-state index in [2.05, 4.69) is 25.7 Å². The van der Waals surface area contributed by atoms with Crippen LogP contribution in [0.3, 0.4) is 0 Å². The van der Waals surface area contributed by atoms with Crippen LogP contribution in [0.5, 0.6) is 0 Å². The molecule has 0 aromatic rings. The average molecular weight is 363 g/mol. The van der Waals surface area contributed by atoms with Crippen LogP contribution in [0.25, 0.3) is 0 Å². The molecule has 4 saturated carbocycles. The largest absolute Gasteiger partial charge is 0.292 e. The molecule has 0 heterocycles. The molecule has 0 saturated heterocycles. The Morgan fingerprint density at radius 1 is 1.00 bits per heavy atom. The van der Waals surface area contributed by atoms with Crippen LogP contribution in [0.2, 0.25) is 0 Å². The van der Waals surface area contributed by atoms with Crippen molar-refractivity contribution in [1.82, 2.24) is 0 Å². The number of rotatable bonds is 2. The molecule has 4 fully saturated rings. The van der Waals surface area contributed by atoms with Crippen LogP contribution >= 0.6 is 0 Å². The van der Waals surface area contributed by atoms with E-state index in [0.29, 0.717) is 10.8 Å². The second-order valence-corrected chi connectivity index (χ2v) is 14.2. The SMILES string of the molecule is CC(C)(C)C#CC(C(=O)C12CC3CC(C)(CC(C)(C3)C1)C2)=S(C)(C)=O. The Labute approximate surface area is 154 Å². The molecular formula is C22H34O2S. The topological polar surface area (TPSA) is 34.1 Å². The molecule has 2 nitrogen and oxygen atoms in total. The van der Waals surface area contributed by atoms with Crippen molar-refractivity contribution in [3.63, 3.8) is 0 Å². The Balaban J connectivity index is 2.07. The molecule has 3 heteroatoms. The summed E-state index contributed by atoms with van der Waals surface area (Å²) in [7, 11) is -2.38. The summed E-state index contributed by atoms with van der Waals surface area (Å²) in [6.07, 6.45) is 10.0. The Bertz CT molecular complexity index is 766. The lowest BCUT2D eigenvalue weighted by molar-refractivity contribution is -0.161. The maximum atomic E-state index is 13.7. The van der Waals surface area contributed by atoms with Crippen LogP contribution in [0.1, 0.15) is 73.1 Å². The Morgan fingerprint density at radius 3 is 1.92 bits per heavy atom. The first kappa shape index (κ1) is 19.0. The predicted octanol–water partition coefficient (Wildman–Crippen LogP) is 4.32. The Morgan fingerprint density at radius 2 is 1.52 bits per heavy atom. The van der Waals surface area contributed by atoms with Crippen LogP contribution < -0.4 is 0 Å².